The second-order valence-electron chi connectivity index (χ2n) is 2.11. The van der Waals surface area contributed by atoms with Gasteiger partial charge in [-0.15, -0.1) is 0 Å². The van der Waals surface area contributed by atoms with Gasteiger partial charge >= 0.3 is 10.0 Å². The molecule has 0 aromatic heterocycles. The van der Waals surface area contributed by atoms with Crippen molar-refractivity contribution in [3.05, 3.63) is 0 Å². The number of rotatable bonds is 5. The molecule has 56 valence electrons. The summed E-state index contributed by atoms with van der Waals surface area (Å²) in [5.41, 5.74) is 0. The van der Waals surface area contributed by atoms with E-state index in [-0.39, 0.29) is 6.61 Å². The van der Waals surface area contributed by atoms with Crippen LogP contribution in [0, 0.1) is 5.92 Å². The van der Waals surface area contributed by atoms with E-state index in [1.807, 2.05) is 6.92 Å². The normalized spacial score (nSPS) is 15.0. The van der Waals surface area contributed by atoms with Gasteiger partial charge in [0.05, 0.1) is 0 Å². The van der Waals surface area contributed by atoms with Gasteiger partial charge in [-0.2, -0.15) is 0 Å². The molecule has 1 unspecified atom stereocenters. The van der Waals surface area contributed by atoms with Gasteiger partial charge in [0.15, 0.2) is 0 Å². The van der Waals surface area contributed by atoms with Crippen LogP contribution in [0.3, 0.4) is 0 Å². The Morgan fingerprint density at radius 1 is 1.67 bits per heavy atom. The first-order valence-corrected chi connectivity index (χ1v) is 4.31. The van der Waals surface area contributed by atoms with E-state index < -0.39 is 10.0 Å². The summed E-state index contributed by atoms with van der Waals surface area (Å²) in [6.45, 7) is 2.74. The molecular formula is C5H14O3Si. The lowest BCUT2D eigenvalue weighted by Crippen LogP contribution is -2.07. The summed E-state index contributed by atoms with van der Waals surface area (Å²) in [6.07, 6.45) is 0.837. The molecule has 0 spiro atoms. The highest BCUT2D eigenvalue weighted by atomic mass is 28.2. The molecule has 0 radical (unpaired) electrons. The largest absolute Gasteiger partial charge is 0.415 e. The molecule has 0 amide bonds. The predicted molar refractivity (Wildman–Crippen MR) is 37.6 cm³/mol. The fraction of sp³-hybridized carbons (Fsp3) is 1.00. The van der Waals surface area contributed by atoms with Gasteiger partial charge in [0.1, 0.15) is 0 Å². The molecule has 0 aliphatic rings. The van der Waals surface area contributed by atoms with Crippen molar-refractivity contribution in [3.8, 4) is 0 Å². The van der Waals surface area contributed by atoms with Crippen LogP contribution < -0.4 is 0 Å². The Balaban J connectivity index is 2.88. The zero-order valence-electron chi connectivity index (χ0n) is 5.71. The Morgan fingerprint density at radius 3 is 2.78 bits per heavy atom. The van der Waals surface area contributed by atoms with Crippen LogP contribution in [-0.2, 0) is 4.43 Å². The topological polar surface area (TPSA) is 49.7 Å². The van der Waals surface area contributed by atoms with Crippen LogP contribution in [0.2, 0.25) is 0 Å². The van der Waals surface area contributed by atoms with E-state index in [9.17, 15) is 0 Å². The highest BCUT2D eigenvalue weighted by Gasteiger charge is 1.97. The fourth-order valence-corrected chi connectivity index (χ4v) is 0.736. The first kappa shape index (κ1) is 9.10. The van der Waals surface area contributed by atoms with Crippen LogP contribution >= 0.6 is 0 Å². The summed E-state index contributed by atoms with van der Waals surface area (Å²) in [5, 5.41) is 8.53. The Morgan fingerprint density at radius 2 is 2.33 bits per heavy atom. The zero-order valence-corrected chi connectivity index (χ0v) is 7.12. The maximum atomic E-state index is 8.53. The van der Waals surface area contributed by atoms with Gasteiger partial charge in [0, 0.05) is 13.2 Å². The summed E-state index contributed by atoms with van der Waals surface area (Å²) >= 11 is 0. The summed E-state index contributed by atoms with van der Waals surface area (Å²) in [4.78, 5) is 8.31. The van der Waals surface area contributed by atoms with Crippen LogP contribution in [0.4, 0.5) is 0 Å². The highest BCUT2D eigenvalue weighted by Crippen LogP contribution is 1.98. The summed E-state index contributed by atoms with van der Waals surface area (Å²) in [5.74, 6) is 0.297. The van der Waals surface area contributed by atoms with E-state index in [4.69, 9.17) is 14.3 Å². The quantitative estimate of drug-likeness (QED) is 0.391. The first-order valence-electron chi connectivity index (χ1n) is 3.10. The van der Waals surface area contributed by atoms with Crippen molar-refractivity contribution in [3.63, 3.8) is 0 Å². The molecule has 1 atom stereocenters. The number of hydrogen-bond acceptors (Lipinski definition) is 3. The van der Waals surface area contributed by atoms with Gasteiger partial charge in [-0.05, 0) is 12.3 Å². The van der Waals surface area contributed by atoms with Crippen LogP contribution in [0.1, 0.15) is 13.3 Å². The van der Waals surface area contributed by atoms with E-state index in [1.54, 1.807) is 0 Å². The van der Waals surface area contributed by atoms with Gasteiger partial charge in [-0.3, -0.25) is 0 Å². The zero-order chi connectivity index (χ0) is 7.11. The molecule has 0 aromatic carbocycles. The molecule has 0 fully saturated rings. The first-order chi connectivity index (χ1) is 4.31. The van der Waals surface area contributed by atoms with Gasteiger partial charge in [0.2, 0.25) is 0 Å². The smallest absolute Gasteiger partial charge is 0.301 e. The average molecular weight is 150 g/mol. The fourth-order valence-electron chi connectivity index (χ4n) is 0.440. The van der Waals surface area contributed by atoms with E-state index in [0.717, 1.165) is 6.42 Å². The molecule has 4 heteroatoms. The Bertz CT molecular complexity index is 60.2. The van der Waals surface area contributed by atoms with Crippen molar-refractivity contribution >= 4 is 10.0 Å². The highest BCUT2D eigenvalue weighted by molar-refractivity contribution is 6.15. The van der Waals surface area contributed by atoms with Crippen molar-refractivity contribution in [2.45, 2.75) is 13.3 Å². The molecule has 0 rings (SSSR count). The van der Waals surface area contributed by atoms with Crippen LogP contribution in [0.25, 0.3) is 0 Å². The summed E-state index contributed by atoms with van der Waals surface area (Å²) in [7, 11) is -1.22. The molecule has 0 aromatic rings. The van der Waals surface area contributed by atoms with E-state index in [0.29, 0.717) is 12.5 Å². The third kappa shape index (κ3) is 5.98. The van der Waals surface area contributed by atoms with Gasteiger partial charge in [-0.25, -0.2) is 0 Å². The van der Waals surface area contributed by atoms with Crippen molar-refractivity contribution in [1.29, 1.82) is 0 Å². The third-order valence-electron chi connectivity index (χ3n) is 1.16. The Hall–Kier alpha value is 0.0969. The number of aliphatic hydroxyl groups excluding tert-OH is 1. The maximum absolute atomic E-state index is 8.53. The molecule has 0 heterocycles. The van der Waals surface area contributed by atoms with Crippen LogP contribution in [0.15, 0.2) is 0 Å². The standard InChI is InChI=1S/C5H14O3Si/c1-5(4-6)2-3-8-9-7/h5-7H,2-4,9H2,1H3. The molecule has 2 N–H and O–H groups in total. The molecule has 9 heavy (non-hydrogen) atoms. The monoisotopic (exact) mass is 150 g/mol. The molecule has 0 saturated carbocycles. The van der Waals surface area contributed by atoms with Crippen LogP contribution in [0.5, 0.6) is 0 Å². The lowest BCUT2D eigenvalue weighted by molar-refractivity contribution is 0.196. The van der Waals surface area contributed by atoms with E-state index in [1.165, 1.54) is 0 Å². The van der Waals surface area contributed by atoms with Crippen molar-refractivity contribution in [2.75, 3.05) is 13.2 Å². The number of hydrogen-bond donors (Lipinski definition) is 2. The summed E-state index contributed by atoms with van der Waals surface area (Å²) < 4.78 is 4.79. The maximum Gasteiger partial charge on any atom is 0.301 e. The lowest BCUT2D eigenvalue weighted by Gasteiger charge is -2.05. The van der Waals surface area contributed by atoms with E-state index in [2.05, 4.69) is 0 Å². The van der Waals surface area contributed by atoms with E-state index >= 15 is 0 Å². The Kier molecular flexibility index (Phi) is 6.29. The van der Waals surface area contributed by atoms with Crippen molar-refractivity contribution < 1.29 is 14.3 Å². The minimum absolute atomic E-state index is 0.205. The van der Waals surface area contributed by atoms with Crippen LogP contribution in [-0.4, -0.2) is 33.1 Å². The van der Waals surface area contributed by atoms with Crippen molar-refractivity contribution in [2.24, 2.45) is 5.92 Å². The summed E-state index contributed by atoms with van der Waals surface area (Å²) in [6, 6.07) is 0. The second-order valence-corrected chi connectivity index (χ2v) is 2.78. The molecule has 0 saturated heterocycles. The molecular weight excluding hydrogens is 136 g/mol. The molecule has 0 aliphatic carbocycles. The molecule has 3 nitrogen and oxygen atoms in total. The average Bonchev–Trinajstić information content (AvgIpc) is 1.89. The number of aliphatic hydroxyl groups is 1. The second kappa shape index (κ2) is 6.22. The molecule has 0 aliphatic heterocycles. The van der Waals surface area contributed by atoms with Gasteiger partial charge in [0.25, 0.3) is 0 Å². The third-order valence-corrected chi connectivity index (χ3v) is 1.63. The SMILES string of the molecule is CC(CO)CCO[SiH2]O. The van der Waals surface area contributed by atoms with Gasteiger partial charge in [-0.1, -0.05) is 6.92 Å². The van der Waals surface area contributed by atoms with Gasteiger partial charge < -0.3 is 14.3 Å². The lowest BCUT2D eigenvalue weighted by atomic mass is 10.1. The minimum Gasteiger partial charge on any atom is -0.415 e. The predicted octanol–water partition coefficient (Wildman–Crippen LogP) is -0.987. The molecule has 0 bridgehead atoms. The van der Waals surface area contributed by atoms with Crippen molar-refractivity contribution in [1.82, 2.24) is 0 Å². The minimum atomic E-state index is -1.22. The Labute approximate surface area is 57.7 Å².